The number of imidazole rings is 4. The van der Waals surface area contributed by atoms with Gasteiger partial charge in [0, 0.05) is 55.0 Å². The van der Waals surface area contributed by atoms with Crippen molar-refractivity contribution in [2.75, 3.05) is 41.6 Å². The van der Waals surface area contributed by atoms with Crippen molar-refractivity contribution in [2.24, 2.45) is 5.41 Å². The number of rotatable bonds is 21. The fourth-order valence-electron chi connectivity index (χ4n) is 11.9. The van der Waals surface area contributed by atoms with Gasteiger partial charge < -0.3 is 29.4 Å². The molecule has 25 nitrogen and oxygen atoms in total. The minimum absolute atomic E-state index is 0.0350. The first-order valence-corrected chi connectivity index (χ1v) is 34.8. The zero-order valence-corrected chi connectivity index (χ0v) is 60.3. The Morgan fingerprint density at radius 2 is 1.12 bits per heavy atom. The van der Waals surface area contributed by atoms with Gasteiger partial charge in [0.1, 0.15) is 38.2 Å². The number of nitrogens with one attached hydrogen (secondary N) is 4. The molecule has 4 aliphatic rings. The van der Waals surface area contributed by atoms with Crippen molar-refractivity contribution < 1.29 is 47.6 Å². The third kappa shape index (κ3) is 19.7. The number of carbonyl (C=O) groups is 4. The molecule has 2 bridgehead atoms. The summed E-state index contributed by atoms with van der Waals surface area (Å²) in [4.78, 5) is 84.2. The number of aliphatic hydroxyl groups is 1. The maximum Gasteiger partial charge on any atom is 0.307 e. The molecule has 3 atom stereocenters. The monoisotopic (exact) mass is 1410 g/mol. The van der Waals surface area contributed by atoms with Crippen LogP contribution in [-0.4, -0.2) is 137 Å². The Morgan fingerprint density at radius 3 is 1.64 bits per heavy atom. The number of carbonyl (C=O) groups excluding carboxylic acids is 4. The summed E-state index contributed by atoms with van der Waals surface area (Å²) in [5, 5.41) is 22.3. The molecule has 13 rings (SSSR count). The maximum atomic E-state index is 13.3. The number of hydrogen-bond acceptors (Lipinski definition) is 18. The molecule has 100 heavy (non-hydrogen) atoms. The Labute approximate surface area is 590 Å². The van der Waals surface area contributed by atoms with E-state index in [4.69, 9.17) is 37.4 Å². The fraction of sp³-hybridized carbons (Fsp3) is 0.500. The number of methoxy groups -OCH3 is 1. The van der Waals surface area contributed by atoms with Crippen molar-refractivity contribution in [2.45, 2.75) is 207 Å². The van der Waals surface area contributed by atoms with Crippen molar-refractivity contribution in [3.05, 3.63) is 113 Å². The summed E-state index contributed by atoms with van der Waals surface area (Å²) in [5.74, 6) is 0.909. The molecule has 0 spiro atoms. The van der Waals surface area contributed by atoms with Gasteiger partial charge in [-0.15, -0.1) is 0 Å². The lowest BCUT2D eigenvalue weighted by atomic mass is 9.92. The Morgan fingerprint density at radius 1 is 0.600 bits per heavy atom. The van der Waals surface area contributed by atoms with E-state index in [1.165, 1.54) is 32.1 Å². The molecule has 2 aliphatic heterocycles. The van der Waals surface area contributed by atoms with E-state index in [1.807, 2.05) is 84.2 Å². The lowest BCUT2D eigenvalue weighted by Crippen LogP contribution is -2.29. The van der Waals surface area contributed by atoms with Gasteiger partial charge in [-0.25, -0.2) is 44.3 Å². The number of halogens is 3. The zero-order valence-electron chi connectivity index (χ0n) is 58.8. The van der Waals surface area contributed by atoms with E-state index in [1.54, 1.807) is 59.4 Å². The van der Waals surface area contributed by atoms with Crippen LogP contribution in [0.15, 0.2) is 85.1 Å². The average molecular weight is 1410 g/mol. The largest absolute Gasteiger partial charge is 0.469 e. The molecule has 0 radical (unpaired) electrons. The van der Waals surface area contributed by atoms with Gasteiger partial charge in [-0.3, -0.25) is 53.4 Å². The molecule has 4 fully saturated rings. The summed E-state index contributed by atoms with van der Waals surface area (Å²) in [7, 11) is 1.33. The number of nitrogens with zero attached hydrogens (tertiary/aromatic N) is 12. The quantitative estimate of drug-likeness (QED) is 0.0330. The van der Waals surface area contributed by atoms with Crippen molar-refractivity contribution in [3.8, 4) is 5.69 Å². The Bertz CT molecular complexity index is 4410. The summed E-state index contributed by atoms with van der Waals surface area (Å²) >= 11 is 12.0. The van der Waals surface area contributed by atoms with Crippen molar-refractivity contribution in [1.29, 1.82) is 0 Å². The minimum atomic E-state index is -1.04. The van der Waals surface area contributed by atoms with Crippen LogP contribution in [0.2, 0.25) is 10.3 Å². The van der Waals surface area contributed by atoms with Crippen LogP contribution >= 0.6 is 23.2 Å². The van der Waals surface area contributed by atoms with Crippen LogP contribution < -0.4 is 21.3 Å². The van der Waals surface area contributed by atoms with Gasteiger partial charge in [-0.05, 0) is 178 Å². The predicted molar refractivity (Wildman–Crippen MR) is 384 cm³/mol. The molecular weight excluding hydrogens is 1320 g/mol. The van der Waals surface area contributed by atoms with Crippen molar-refractivity contribution in [3.63, 3.8) is 0 Å². The van der Waals surface area contributed by atoms with Crippen LogP contribution in [0.1, 0.15) is 169 Å². The van der Waals surface area contributed by atoms with E-state index in [-0.39, 0.29) is 72.1 Å². The van der Waals surface area contributed by atoms with E-state index in [2.05, 4.69) is 77.0 Å². The lowest BCUT2D eigenvalue weighted by Gasteiger charge is -2.28. The van der Waals surface area contributed by atoms with Crippen LogP contribution in [0.3, 0.4) is 0 Å². The van der Waals surface area contributed by atoms with E-state index in [0.29, 0.717) is 107 Å². The number of anilines is 4. The van der Waals surface area contributed by atoms with Gasteiger partial charge in [0.15, 0.2) is 22.6 Å². The van der Waals surface area contributed by atoms with E-state index >= 15 is 0 Å². The molecule has 2 saturated carbocycles. The highest BCUT2D eigenvalue weighted by molar-refractivity contribution is 6.30. The Kier molecular flexibility index (Phi) is 23.7. The topological polar surface area (TPSA) is 296 Å². The molecule has 3 amide bonds. The molecule has 28 heteroatoms. The molecule has 10 heterocycles. The summed E-state index contributed by atoms with van der Waals surface area (Å²) < 4.78 is 43.0. The summed E-state index contributed by atoms with van der Waals surface area (Å²) in [5.41, 5.74) is 7.64. The van der Waals surface area contributed by atoms with Gasteiger partial charge in [-0.2, -0.15) is 0 Å². The number of ether oxygens (including phenoxy) is 4. The number of aromatic nitrogens is 12. The number of aryl methyl sites for hydroxylation is 3. The number of esters is 1. The van der Waals surface area contributed by atoms with Crippen LogP contribution in [0.4, 0.5) is 28.2 Å². The Balaban J connectivity index is 0.000000145. The van der Waals surface area contributed by atoms with Gasteiger partial charge >= 0.3 is 5.97 Å². The predicted octanol–water partition coefficient (Wildman–Crippen LogP) is 14.1. The molecule has 534 valence electrons. The number of hydrogen-bond donors (Lipinski definition) is 5. The average Bonchev–Trinajstić information content (AvgIpc) is 1.64. The standard InChI is InChI=1S/C20H22ClFN4O.C20H26N4O3.C16H21ClN4O3.C16H22N4O2/c1-13(11-12-27-20(2,3)4)23-19-24-16-9-10-17(21)25-18(16)26(19)15-7-5-14(22)6-8-15;1-12-5-7-15-19(21-12)24(13-3-2-4-13)20(22-15)23-18(25)9-10-26-17-11-14-6-8-16(17)27-14;1-16(2,3)9-12(22)20-15-18-10-5-6-11(17)19-14(10)21(15)8-7-13(23)24-4;1-10-7-8-12-14(17-10)20(11-5-4-6-11)15(18-12)19-13(21)9-16(2,3)22/h5-10H,1,11-12H2,2-4H3,(H,23,24);5,7,13-14,16-17H,2-4,6,8-11H2,1H3,(H,22,23,25);5-6H,7-9H2,1-4H3,(H,18,20,22);7-8,11,22H,4-6,9H2,1-3H3,(H,18,19,21)/t;14-,16+,17+;;/m.0../s1. The van der Waals surface area contributed by atoms with Crippen LogP contribution in [-0.2, 0) is 44.7 Å². The first kappa shape index (κ1) is 74.2. The molecule has 0 unspecified atom stereocenters. The molecule has 1 aromatic carbocycles. The van der Waals surface area contributed by atoms with Gasteiger partial charge in [0.2, 0.25) is 41.5 Å². The molecule has 2 saturated heterocycles. The second-order valence-corrected chi connectivity index (χ2v) is 29.3. The number of fused-ring (bicyclic) bond motifs is 6. The van der Waals surface area contributed by atoms with Crippen LogP contribution in [0, 0.1) is 25.1 Å². The van der Waals surface area contributed by atoms with Crippen LogP contribution in [0.25, 0.3) is 50.3 Å². The third-order valence-electron chi connectivity index (χ3n) is 17.1. The smallest absolute Gasteiger partial charge is 0.307 e. The molecule has 5 N–H and O–H groups in total. The molecular formula is C72H91Cl2FN16O9. The summed E-state index contributed by atoms with van der Waals surface area (Å²) in [6.07, 6.45) is 12.2. The van der Waals surface area contributed by atoms with E-state index < -0.39 is 5.60 Å². The molecule has 9 aromatic rings. The second-order valence-electron chi connectivity index (χ2n) is 28.6. The lowest BCUT2D eigenvalue weighted by molar-refractivity contribution is -0.140. The maximum absolute atomic E-state index is 13.3. The first-order valence-electron chi connectivity index (χ1n) is 34.0. The molecule has 8 aromatic heterocycles. The highest BCUT2D eigenvalue weighted by Crippen LogP contribution is 2.40. The fourth-order valence-corrected chi connectivity index (χ4v) is 12.2. The van der Waals surface area contributed by atoms with Gasteiger partial charge in [0.05, 0.1) is 74.8 Å². The third-order valence-corrected chi connectivity index (χ3v) is 17.5. The highest BCUT2D eigenvalue weighted by Gasteiger charge is 2.41. The van der Waals surface area contributed by atoms with E-state index in [0.717, 1.165) is 90.0 Å². The van der Waals surface area contributed by atoms with Gasteiger partial charge in [0.25, 0.3) is 0 Å². The summed E-state index contributed by atoms with van der Waals surface area (Å²) in [6, 6.07) is 21.4. The first-order chi connectivity index (χ1) is 47.4. The minimum Gasteiger partial charge on any atom is -0.469 e. The van der Waals surface area contributed by atoms with Crippen molar-refractivity contribution in [1.82, 2.24) is 58.1 Å². The van der Waals surface area contributed by atoms with Gasteiger partial charge in [-0.1, -0.05) is 50.6 Å². The normalized spacial score (nSPS) is 16.8. The summed E-state index contributed by atoms with van der Waals surface area (Å²) in [6.45, 7) is 24.4. The Hall–Kier alpha value is -8.53. The van der Waals surface area contributed by atoms with Crippen molar-refractivity contribution >= 4 is 115 Å². The van der Waals surface area contributed by atoms with Crippen LogP contribution in [0.5, 0.6) is 0 Å². The van der Waals surface area contributed by atoms with E-state index in [9.17, 15) is 28.7 Å². The zero-order chi connectivity index (χ0) is 71.8. The molecule has 2 aliphatic carbocycles. The number of amides is 3. The number of benzene rings is 1. The second kappa shape index (κ2) is 32.0. The number of pyridine rings is 4. The SMILES string of the molecule is C=C(CCOC(C)(C)C)Nc1nc2ccc(Cl)nc2n1-c1ccc(F)cc1.COC(=O)CCn1c(NC(=O)CC(C)(C)C)nc2ccc(Cl)nc21.Cc1ccc2nc(NC(=O)CC(C)(C)O)n(C3CCC3)c2n1.Cc1ccc2nc(NC(=O)CCO[C@@H]3C[C@@H]4CC[C@H]3O4)n(C3CCC3)c2n1. The highest BCUT2D eigenvalue weighted by atomic mass is 35.5.